The van der Waals surface area contributed by atoms with Crippen LogP contribution in [0.2, 0.25) is 0 Å². The lowest BCUT2D eigenvalue weighted by molar-refractivity contribution is -0.138. The summed E-state index contributed by atoms with van der Waals surface area (Å²) in [7, 11) is 0. The molecule has 11 heteroatoms. The standard InChI is InChI=1S/C21H25F3N4O3S/c1-5-31-20(30)18-27-16(19(29)28-8-6-7-12(28)3)17(32-18)14-10-25-15(9-11(14)2)26-13(4)21(22,23)24/h9-10,12-13H,5-8H2,1-4H3,(H,25,26)/t12-,13-/m0/s1. The number of rotatable bonds is 6. The number of carbonyl (C=O) groups is 2. The predicted octanol–water partition coefficient (Wildman–Crippen LogP) is 4.68. The Hall–Kier alpha value is -2.69. The molecule has 0 spiro atoms. The number of pyridine rings is 1. The number of nitrogens with zero attached hydrogens (tertiary/aromatic N) is 3. The molecule has 1 saturated heterocycles. The molecule has 0 unspecified atom stereocenters. The Morgan fingerprint density at radius 2 is 2.12 bits per heavy atom. The van der Waals surface area contributed by atoms with Gasteiger partial charge in [0.1, 0.15) is 17.6 Å². The van der Waals surface area contributed by atoms with Crippen molar-refractivity contribution in [2.24, 2.45) is 0 Å². The van der Waals surface area contributed by atoms with E-state index in [1.807, 2.05) is 6.92 Å². The quantitative estimate of drug-likeness (QED) is 0.618. The van der Waals surface area contributed by atoms with Gasteiger partial charge in [-0.05, 0) is 52.2 Å². The molecule has 1 aliphatic heterocycles. The van der Waals surface area contributed by atoms with Gasteiger partial charge in [0.2, 0.25) is 5.01 Å². The van der Waals surface area contributed by atoms with E-state index in [1.54, 1.807) is 18.7 Å². The van der Waals surface area contributed by atoms with Gasteiger partial charge in [0.25, 0.3) is 5.91 Å². The zero-order valence-electron chi connectivity index (χ0n) is 18.2. The summed E-state index contributed by atoms with van der Waals surface area (Å²) in [6.07, 6.45) is -1.25. The number of hydrogen-bond donors (Lipinski definition) is 1. The monoisotopic (exact) mass is 470 g/mol. The lowest BCUT2D eigenvalue weighted by atomic mass is 10.1. The normalized spacial score (nSPS) is 17.3. The molecule has 3 heterocycles. The smallest absolute Gasteiger partial charge is 0.408 e. The van der Waals surface area contributed by atoms with Crippen molar-refractivity contribution in [2.45, 2.75) is 58.8 Å². The number of thiazole rings is 1. The fraction of sp³-hybridized carbons (Fsp3) is 0.524. The molecule has 1 N–H and O–H groups in total. The van der Waals surface area contributed by atoms with E-state index in [0.29, 0.717) is 22.5 Å². The van der Waals surface area contributed by atoms with Gasteiger partial charge in [-0.15, -0.1) is 11.3 Å². The third-order valence-electron chi connectivity index (χ3n) is 5.30. The van der Waals surface area contributed by atoms with Crippen molar-refractivity contribution < 1.29 is 27.5 Å². The molecule has 174 valence electrons. The SMILES string of the molecule is CCOC(=O)c1nc(C(=O)N2CCC[C@@H]2C)c(-c2cnc(N[C@@H](C)C(F)(F)F)cc2C)s1. The van der Waals surface area contributed by atoms with E-state index in [1.165, 1.54) is 12.3 Å². The summed E-state index contributed by atoms with van der Waals surface area (Å²) in [5, 5.41) is 2.38. The first-order valence-electron chi connectivity index (χ1n) is 10.3. The van der Waals surface area contributed by atoms with Crippen molar-refractivity contribution in [1.82, 2.24) is 14.9 Å². The molecule has 0 radical (unpaired) electrons. The first-order chi connectivity index (χ1) is 15.0. The van der Waals surface area contributed by atoms with E-state index in [9.17, 15) is 22.8 Å². The Labute approximate surface area is 188 Å². The largest absolute Gasteiger partial charge is 0.461 e. The Kier molecular flexibility index (Phi) is 7.06. The van der Waals surface area contributed by atoms with Crippen LogP contribution in [0.15, 0.2) is 12.3 Å². The number of aromatic nitrogens is 2. The van der Waals surface area contributed by atoms with Gasteiger partial charge in [-0.3, -0.25) is 4.79 Å². The van der Waals surface area contributed by atoms with E-state index >= 15 is 0 Å². The summed E-state index contributed by atoms with van der Waals surface area (Å²) in [4.78, 5) is 36.1. The molecule has 3 rings (SSSR count). The van der Waals surface area contributed by atoms with Gasteiger partial charge >= 0.3 is 12.1 Å². The highest BCUT2D eigenvalue weighted by Gasteiger charge is 2.36. The van der Waals surface area contributed by atoms with Gasteiger partial charge in [-0.1, -0.05) is 0 Å². The molecule has 0 saturated carbocycles. The molecule has 0 aliphatic carbocycles. The molecule has 1 amide bonds. The summed E-state index contributed by atoms with van der Waals surface area (Å²) >= 11 is 1.01. The maximum absolute atomic E-state index is 13.2. The van der Waals surface area contributed by atoms with Gasteiger partial charge < -0.3 is 15.0 Å². The van der Waals surface area contributed by atoms with Crippen LogP contribution in [0, 0.1) is 6.92 Å². The van der Waals surface area contributed by atoms with Crippen LogP contribution < -0.4 is 5.32 Å². The average molecular weight is 471 g/mol. The van der Waals surface area contributed by atoms with Crippen molar-refractivity contribution in [3.05, 3.63) is 28.5 Å². The van der Waals surface area contributed by atoms with Gasteiger partial charge in [0.15, 0.2) is 0 Å². The molecular formula is C21H25F3N4O3S. The van der Waals surface area contributed by atoms with Crippen LogP contribution in [-0.4, -0.2) is 58.2 Å². The van der Waals surface area contributed by atoms with Gasteiger partial charge in [0, 0.05) is 24.3 Å². The van der Waals surface area contributed by atoms with Gasteiger partial charge in [-0.25, -0.2) is 14.8 Å². The average Bonchev–Trinajstić information content (AvgIpc) is 3.34. The van der Waals surface area contributed by atoms with E-state index in [4.69, 9.17) is 4.74 Å². The lowest BCUT2D eigenvalue weighted by Crippen LogP contribution is -2.34. The molecule has 2 atom stereocenters. The van der Waals surface area contributed by atoms with Crippen molar-refractivity contribution in [2.75, 3.05) is 18.5 Å². The van der Waals surface area contributed by atoms with Gasteiger partial charge in [0.05, 0.1) is 11.5 Å². The minimum absolute atomic E-state index is 0.0457. The predicted molar refractivity (Wildman–Crippen MR) is 115 cm³/mol. The Balaban J connectivity index is 2.00. The summed E-state index contributed by atoms with van der Waals surface area (Å²) < 4.78 is 43.6. The number of likely N-dealkylation sites (tertiary alicyclic amines) is 1. The second-order valence-corrected chi connectivity index (χ2v) is 8.70. The van der Waals surface area contributed by atoms with E-state index in [2.05, 4.69) is 15.3 Å². The molecule has 2 aromatic heterocycles. The van der Waals surface area contributed by atoms with Crippen LogP contribution >= 0.6 is 11.3 Å². The Morgan fingerprint density at radius 3 is 2.69 bits per heavy atom. The zero-order chi connectivity index (χ0) is 23.6. The van der Waals surface area contributed by atoms with Crippen LogP contribution in [0.1, 0.15) is 59.5 Å². The molecule has 7 nitrogen and oxygen atoms in total. The number of carbonyl (C=O) groups excluding carboxylic acids is 2. The highest BCUT2D eigenvalue weighted by molar-refractivity contribution is 7.17. The third-order valence-corrected chi connectivity index (χ3v) is 6.37. The number of alkyl halides is 3. The number of anilines is 1. The number of ether oxygens (including phenoxy) is 1. The van der Waals surface area contributed by atoms with Gasteiger partial charge in [-0.2, -0.15) is 13.2 Å². The fourth-order valence-electron chi connectivity index (χ4n) is 3.48. The number of halogens is 3. The van der Waals surface area contributed by atoms with Crippen LogP contribution in [-0.2, 0) is 4.74 Å². The van der Waals surface area contributed by atoms with Crippen molar-refractivity contribution in [3.63, 3.8) is 0 Å². The summed E-state index contributed by atoms with van der Waals surface area (Å²) in [6, 6.07) is -0.237. The number of hydrogen-bond acceptors (Lipinski definition) is 7. The topological polar surface area (TPSA) is 84.4 Å². The molecule has 0 bridgehead atoms. The van der Waals surface area contributed by atoms with E-state index in [-0.39, 0.29) is 35.1 Å². The van der Waals surface area contributed by atoms with Crippen LogP contribution in [0.5, 0.6) is 0 Å². The molecule has 1 aliphatic rings. The molecule has 0 aromatic carbocycles. The summed E-state index contributed by atoms with van der Waals surface area (Å²) in [6.45, 7) is 7.11. The number of aryl methyl sites for hydroxylation is 1. The molecule has 32 heavy (non-hydrogen) atoms. The molecule has 2 aromatic rings. The minimum Gasteiger partial charge on any atom is -0.461 e. The minimum atomic E-state index is -4.41. The van der Waals surface area contributed by atoms with E-state index < -0.39 is 18.2 Å². The zero-order valence-corrected chi connectivity index (χ0v) is 19.1. The lowest BCUT2D eigenvalue weighted by Gasteiger charge is -2.21. The molecule has 1 fully saturated rings. The summed E-state index contributed by atoms with van der Waals surface area (Å²) in [5.74, 6) is -0.855. The molecular weight excluding hydrogens is 445 g/mol. The van der Waals surface area contributed by atoms with Crippen molar-refractivity contribution in [1.29, 1.82) is 0 Å². The Bertz CT molecular complexity index is 1010. The number of nitrogens with one attached hydrogen (secondary N) is 1. The summed E-state index contributed by atoms with van der Waals surface area (Å²) in [5.41, 5.74) is 1.25. The fourth-order valence-corrected chi connectivity index (χ4v) is 4.50. The van der Waals surface area contributed by atoms with Crippen molar-refractivity contribution in [3.8, 4) is 10.4 Å². The maximum atomic E-state index is 13.2. The Morgan fingerprint density at radius 1 is 1.41 bits per heavy atom. The van der Waals surface area contributed by atoms with Crippen molar-refractivity contribution >= 4 is 29.0 Å². The third kappa shape index (κ3) is 5.03. The number of esters is 1. The van der Waals surface area contributed by atoms with Crippen LogP contribution in [0.4, 0.5) is 19.0 Å². The highest BCUT2D eigenvalue weighted by atomic mass is 32.1. The second-order valence-electron chi connectivity index (χ2n) is 7.70. The first-order valence-corrected chi connectivity index (χ1v) is 11.1. The van der Waals surface area contributed by atoms with Crippen LogP contribution in [0.25, 0.3) is 10.4 Å². The number of amides is 1. The van der Waals surface area contributed by atoms with E-state index in [0.717, 1.165) is 31.1 Å². The second kappa shape index (κ2) is 9.43. The van der Waals surface area contributed by atoms with Crippen LogP contribution in [0.3, 0.4) is 0 Å². The highest BCUT2D eigenvalue weighted by Crippen LogP contribution is 2.35. The maximum Gasteiger partial charge on any atom is 0.408 e. The first kappa shape index (κ1) is 24.0.